The molecule has 0 unspecified atom stereocenters. The minimum absolute atomic E-state index is 0.0854. The average molecular weight is 435 g/mol. The molecule has 2 aliphatic heterocycles. The molecule has 1 amide bonds. The van der Waals surface area contributed by atoms with Crippen LogP contribution in [-0.2, 0) is 10.5 Å². The molecule has 0 aliphatic carbocycles. The number of halogens is 1. The molecule has 5 nitrogen and oxygen atoms in total. The summed E-state index contributed by atoms with van der Waals surface area (Å²) in [6, 6.07) is 17.5. The molecule has 7 heteroatoms. The van der Waals surface area contributed by atoms with E-state index in [1.807, 2.05) is 61.0 Å². The maximum absolute atomic E-state index is 13.1. The van der Waals surface area contributed by atoms with Gasteiger partial charge in [0.25, 0.3) is 0 Å². The van der Waals surface area contributed by atoms with Crippen molar-refractivity contribution in [1.29, 1.82) is 0 Å². The Labute approximate surface area is 185 Å². The van der Waals surface area contributed by atoms with Gasteiger partial charge in [-0.3, -0.25) is 4.79 Å². The van der Waals surface area contributed by atoms with Gasteiger partial charge in [0.1, 0.15) is 17.6 Å². The van der Waals surface area contributed by atoms with E-state index in [2.05, 4.69) is 15.3 Å². The quantitative estimate of drug-likeness (QED) is 0.378. The monoisotopic (exact) mass is 434 g/mol. The van der Waals surface area contributed by atoms with E-state index in [1.54, 1.807) is 12.1 Å². The molecule has 2 aliphatic rings. The number of thioether (sulfide) groups is 1. The Balaban J connectivity index is 1.55. The zero-order valence-electron chi connectivity index (χ0n) is 17.4. The van der Waals surface area contributed by atoms with Crippen molar-refractivity contribution in [1.82, 2.24) is 14.5 Å². The SMILES string of the molecule is CC[C@H](C(=O)Nc1ccccc1C)n1cccc2nc(SCc3ccc(F)cc3)nc1-2. The molecule has 0 fully saturated rings. The second-order valence-corrected chi connectivity index (χ2v) is 8.22. The molecule has 2 aromatic rings. The number of rotatable bonds is 7. The Morgan fingerprint density at radius 1 is 1.10 bits per heavy atom. The zero-order chi connectivity index (χ0) is 21.8. The third-order valence-corrected chi connectivity index (χ3v) is 6.02. The first-order chi connectivity index (χ1) is 15.0. The fraction of sp³-hybridized carbons (Fsp3) is 0.208. The lowest BCUT2D eigenvalue weighted by Crippen LogP contribution is -2.27. The number of aryl methyl sites for hydroxylation is 1. The lowest BCUT2D eigenvalue weighted by Gasteiger charge is -2.21. The largest absolute Gasteiger partial charge is 0.324 e. The highest BCUT2D eigenvalue weighted by Gasteiger charge is 2.24. The van der Waals surface area contributed by atoms with E-state index in [0.717, 1.165) is 22.5 Å². The van der Waals surface area contributed by atoms with Crippen LogP contribution in [0, 0.1) is 12.7 Å². The summed E-state index contributed by atoms with van der Waals surface area (Å²) >= 11 is 1.49. The molecule has 31 heavy (non-hydrogen) atoms. The Morgan fingerprint density at radius 2 is 1.87 bits per heavy atom. The number of carbonyl (C=O) groups is 1. The Bertz CT molecular complexity index is 1160. The Kier molecular flexibility index (Phi) is 6.32. The number of hydrogen-bond acceptors (Lipinski definition) is 4. The number of aromatic nitrogens is 3. The molecule has 0 saturated heterocycles. The van der Waals surface area contributed by atoms with Crippen LogP contribution in [0.25, 0.3) is 11.5 Å². The number of benzene rings is 2. The van der Waals surface area contributed by atoms with Crippen LogP contribution in [-0.4, -0.2) is 20.4 Å². The van der Waals surface area contributed by atoms with Crippen LogP contribution < -0.4 is 5.32 Å². The van der Waals surface area contributed by atoms with Crippen molar-refractivity contribution in [2.45, 2.75) is 37.2 Å². The molecule has 158 valence electrons. The van der Waals surface area contributed by atoms with Crippen molar-refractivity contribution in [2.24, 2.45) is 0 Å². The molecule has 2 heterocycles. The molecule has 0 aromatic heterocycles. The van der Waals surface area contributed by atoms with E-state index in [-0.39, 0.29) is 11.7 Å². The van der Waals surface area contributed by atoms with Crippen molar-refractivity contribution in [3.63, 3.8) is 0 Å². The minimum Gasteiger partial charge on any atom is -0.324 e. The third kappa shape index (κ3) is 4.77. The molecule has 0 saturated carbocycles. The van der Waals surface area contributed by atoms with Gasteiger partial charge in [0, 0.05) is 17.6 Å². The van der Waals surface area contributed by atoms with E-state index < -0.39 is 6.04 Å². The maximum atomic E-state index is 13.1. The number of hydrogen-bond donors (Lipinski definition) is 1. The van der Waals surface area contributed by atoms with Crippen molar-refractivity contribution < 1.29 is 9.18 Å². The second kappa shape index (κ2) is 9.31. The molecule has 2 aromatic carbocycles. The molecule has 0 radical (unpaired) electrons. The van der Waals surface area contributed by atoms with Crippen molar-refractivity contribution in [3.8, 4) is 11.5 Å². The first-order valence-corrected chi connectivity index (χ1v) is 11.1. The topological polar surface area (TPSA) is 59.8 Å². The van der Waals surface area contributed by atoms with Crippen LogP contribution in [0.5, 0.6) is 0 Å². The number of fused-ring (bicyclic) bond motifs is 1. The van der Waals surface area contributed by atoms with Crippen LogP contribution in [0.15, 0.2) is 72.0 Å². The highest BCUT2D eigenvalue weighted by atomic mass is 32.2. The first kappa shape index (κ1) is 21.1. The predicted molar refractivity (Wildman–Crippen MR) is 122 cm³/mol. The standard InChI is InChI=1S/C24H23FN4OS/c1-3-21(23(30)26-19-8-5-4-7-16(19)2)29-14-6-9-20-22(29)28-24(27-20)31-15-17-10-12-18(25)13-11-17/h4-14,21H,3,15H2,1-2H3,(H,26,30)/t21-/m1/s1. The summed E-state index contributed by atoms with van der Waals surface area (Å²) in [4.78, 5) is 22.4. The van der Waals surface area contributed by atoms with E-state index in [0.29, 0.717) is 23.2 Å². The minimum atomic E-state index is -0.407. The molecule has 1 atom stereocenters. The predicted octanol–water partition coefficient (Wildman–Crippen LogP) is 5.71. The molecule has 0 bridgehead atoms. The van der Waals surface area contributed by atoms with Crippen molar-refractivity contribution in [2.75, 3.05) is 5.32 Å². The maximum Gasteiger partial charge on any atom is 0.247 e. The molecular weight excluding hydrogens is 411 g/mol. The van der Waals surface area contributed by atoms with Crippen LogP contribution in [0.4, 0.5) is 10.1 Å². The van der Waals surface area contributed by atoms with E-state index in [4.69, 9.17) is 0 Å². The van der Waals surface area contributed by atoms with Gasteiger partial charge in [0.05, 0.1) is 0 Å². The second-order valence-electron chi connectivity index (χ2n) is 7.27. The van der Waals surface area contributed by atoms with Crippen LogP contribution in [0.3, 0.4) is 0 Å². The summed E-state index contributed by atoms with van der Waals surface area (Å²) in [6.07, 6.45) is 2.49. The summed E-state index contributed by atoms with van der Waals surface area (Å²) in [5.41, 5.74) is 3.56. The zero-order valence-corrected chi connectivity index (χ0v) is 18.2. The summed E-state index contributed by atoms with van der Waals surface area (Å²) < 4.78 is 15.0. The third-order valence-electron chi connectivity index (χ3n) is 5.10. The van der Waals surface area contributed by atoms with Gasteiger partial charge >= 0.3 is 0 Å². The van der Waals surface area contributed by atoms with Gasteiger partial charge in [-0.05, 0) is 54.8 Å². The molecule has 0 spiro atoms. The molecule has 1 N–H and O–H groups in total. The highest BCUT2D eigenvalue weighted by molar-refractivity contribution is 7.98. The lowest BCUT2D eigenvalue weighted by molar-refractivity contribution is -0.119. The first-order valence-electron chi connectivity index (χ1n) is 10.1. The fourth-order valence-electron chi connectivity index (χ4n) is 3.41. The van der Waals surface area contributed by atoms with Crippen LogP contribution in [0.1, 0.15) is 30.5 Å². The summed E-state index contributed by atoms with van der Waals surface area (Å²) in [7, 11) is 0. The number of amides is 1. The van der Waals surface area contributed by atoms with Gasteiger partial charge in [-0.25, -0.2) is 14.4 Å². The number of imidazole rings is 1. The number of carbonyl (C=O) groups excluding carboxylic acids is 1. The van der Waals surface area contributed by atoms with E-state index in [1.165, 1.54) is 23.9 Å². The van der Waals surface area contributed by atoms with Crippen LogP contribution >= 0.6 is 11.8 Å². The Morgan fingerprint density at radius 3 is 2.61 bits per heavy atom. The average Bonchev–Trinajstić information content (AvgIpc) is 3.19. The van der Waals surface area contributed by atoms with Gasteiger partial charge in [-0.1, -0.05) is 49.0 Å². The fourth-order valence-corrected chi connectivity index (χ4v) is 4.21. The van der Waals surface area contributed by atoms with Crippen molar-refractivity contribution >= 4 is 23.4 Å². The smallest absolute Gasteiger partial charge is 0.247 e. The number of nitrogens with zero attached hydrogens (tertiary/aromatic N) is 3. The highest BCUT2D eigenvalue weighted by Crippen LogP contribution is 2.29. The number of para-hydroxylation sites is 1. The Hall–Kier alpha value is -3.19. The number of nitrogens with one attached hydrogen (secondary N) is 1. The van der Waals surface area contributed by atoms with Gasteiger partial charge in [0.15, 0.2) is 11.0 Å². The number of anilines is 1. The van der Waals surface area contributed by atoms with Crippen LogP contribution in [0.2, 0.25) is 0 Å². The van der Waals surface area contributed by atoms with Gasteiger partial charge in [0.2, 0.25) is 5.91 Å². The normalized spacial score (nSPS) is 12.1. The van der Waals surface area contributed by atoms with E-state index in [9.17, 15) is 9.18 Å². The molecule has 4 rings (SSSR count). The van der Waals surface area contributed by atoms with Crippen molar-refractivity contribution in [3.05, 3.63) is 83.8 Å². The van der Waals surface area contributed by atoms with Gasteiger partial charge in [-0.15, -0.1) is 0 Å². The van der Waals surface area contributed by atoms with Gasteiger partial charge in [-0.2, -0.15) is 0 Å². The van der Waals surface area contributed by atoms with E-state index >= 15 is 0 Å². The summed E-state index contributed by atoms with van der Waals surface area (Å²) in [6.45, 7) is 3.95. The lowest BCUT2D eigenvalue weighted by atomic mass is 10.1. The van der Waals surface area contributed by atoms with Gasteiger partial charge < -0.3 is 9.88 Å². The summed E-state index contributed by atoms with van der Waals surface area (Å²) in [5.74, 6) is 0.982. The molecular formula is C24H23FN4OS. The number of pyridine rings is 1. The summed E-state index contributed by atoms with van der Waals surface area (Å²) in [5, 5.41) is 3.67.